The summed E-state index contributed by atoms with van der Waals surface area (Å²) in [5, 5.41) is 0. The van der Waals surface area contributed by atoms with Crippen LogP contribution in [0.2, 0.25) is 0 Å². The van der Waals surface area contributed by atoms with Crippen molar-refractivity contribution < 1.29 is 22.3 Å². The van der Waals surface area contributed by atoms with Gasteiger partial charge in [0.25, 0.3) is 0 Å². The molecule has 0 spiro atoms. The van der Waals surface area contributed by atoms with Gasteiger partial charge in [-0.2, -0.15) is 4.37 Å². The molecule has 0 N–H and O–H groups in total. The maximum atomic E-state index is 12.9. The summed E-state index contributed by atoms with van der Waals surface area (Å²) in [5.74, 6) is 0.669. The van der Waals surface area contributed by atoms with Gasteiger partial charge in [-0.3, -0.25) is 0 Å². The minimum atomic E-state index is -3.62. The zero-order valence-corrected chi connectivity index (χ0v) is 15.4. The monoisotopic (exact) mass is 394 g/mol. The summed E-state index contributed by atoms with van der Waals surface area (Å²) < 4.78 is 52.4. The number of nitrogens with zero attached hydrogens (tertiary/aromatic N) is 2. The van der Waals surface area contributed by atoms with Gasteiger partial charge in [-0.15, -0.1) is 0 Å². The number of hydrogen-bond donors (Lipinski definition) is 0. The lowest BCUT2D eigenvalue weighted by atomic mass is 10.2. The van der Waals surface area contributed by atoms with E-state index in [1.54, 1.807) is 24.3 Å². The molecule has 3 aromatic rings. The third kappa shape index (κ3) is 4.63. The number of methoxy groups -OCH3 is 1. The fraction of sp³-hybridized carbons (Fsp3) is 0.176. The summed E-state index contributed by atoms with van der Waals surface area (Å²) in [4.78, 5) is 3.99. The average Bonchev–Trinajstić information content (AvgIpc) is 3.07. The van der Waals surface area contributed by atoms with E-state index in [2.05, 4.69) is 9.36 Å². The van der Waals surface area contributed by atoms with Gasteiger partial charge in [-0.1, -0.05) is 12.1 Å². The van der Waals surface area contributed by atoms with Crippen molar-refractivity contribution in [1.82, 2.24) is 9.36 Å². The Morgan fingerprint density at radius 3 is 2.62 bits per heavy atom. The third-order valence-corrected chi connectivity index (χ3v) is 6.17. The van der Waals surface area contributed by atoms with Crippen LogP contribution >= 0.6 is 11.5 Å². The molecule has 26 heavy (non-hydrogen) atoms. The average molecular weight is 394 g/mol. The molecule has 0 saturated heterocycles. The van der Waals surface area contributed by atoms with Crippen LogP contribution in [0, 0.1) is 5.82 Å². The predicted molar refractivity (Wildman–Crippen MR) is 94.4 cm³/mol. The number of hydrogen-bond acceptors (Lipinski definition) is 7. The normalized spacial score (nSPS) is 11.5. The van der Waals surface area contributed by atoms with Gasteiger partial charge >= 0.3 is 0 Å². The van der Waals surface area contributed by atoms with Crippen molar-refractivity contribution in [2.24, 2.45) is 0 Å². The summed E-state index contributed by atoms with van der Waals surface area (Å²) in [6.45, 7) is 0.160. The molecule has 0 bridgehead atoms. The molecule has 9 heteroatoms. The van der Waals surface area contributed by atoms with E-state index >= 15 is 0 Å². The minimum Gasteiger partial charge on any atom is -0.457 e. The van der Waals surface area contributed by atoms with Crippen LogP contribution in [0.1, 0.15) is 11.4 Å². The van der Waals surface area contributed by atoms with Crippen molar-refractivity contribution in [1.29, 1.82) is 0 Å². The smallest absolute Gasteiger partial charge is 0.229 e. The number of aromatic nitrogens is 2. The van der Waals surface area contributed by atoms with Crippen LogP contribution in [0.25, 0.3) is 0 Å². The van der Waals surface area contributed by atoms with Gasteiger partial charge in [-0.25, -0.2) is 17.8 Å². The van der Waals surface area contributed by atoms with Crippen molar-refractivity contribution in [3.05, 3.63) is 65.7 Å². The van der Waals surface area contributed by atoms with E-state index < -0.39 is 9.84 Å². The molecule has 0 aliphatic heterocycles. The summed E-state index contributed by atoms with van der Waals surface area (Å²) >= 11 is 0.828. The Kier molecular flexibility index (Phi) is 5.60. The third-order valence-electron chi connectivity index (χ3n) is 3.29. The Bertz CT molecular complexity index is 988. The molecular formula is C17H15FN2O4S2. The fourth-order valence-corrected chi connectivity index (χ4v) is 4.32. The van der Waals surface area contributed by atoms with E-state index in [0.717, 1.165) is 11.5 Å². The lowest BCUT2D eigenvalue weighted by molar-refractivity contribution is 0.178. The van der Waals surface area contributed by atoms with Crippen molar-refractivity contribution in [2.75, 3.05) is 7.11 Å². The van der Waals surface area contributed by atoms with E-state index in [9.17, 15) is 12.8 Å². The highest BCUT2D eigenvalue weighted by atomic mass is 32.2. The van der Waals surface area contributed by atoms with Crippen LogP contribution in [0.15, 0.2) is 52.9 Å². The number of sulfone groups is 1. The highest BCUT2D eigenvalue weighted by Gasteiger charge is 2.21. The molecule has 0 fully saturated rings. The van der Waals surface area contributed by atoms with Crippen molar-refractivity contribution in [2.45, 2.75) is 16.7 Å². The van der Waals surface area contributed by atoms with E-state index in [1.807, 2.05) is 0 Å². The maximum absolute atomic E-state index is 12.9. The van der Waals surface area contributed by atoms with E-state index in [-0.39, 0.29) is 22.5 Å². The van der Waals surface area contributed by atoms with Gasteiger partial charge in [0.05, 0.1) is 5.75 Å². The second kappa shape index (κ2) is 7.90. The van der Waals surface area contributed by atoms with Gasteiger partial charge in [0.15, 0.2) is 5.82 Å². The van der Waals surface area contributed by atoms with Gasteiger partial charge in [-0.05, 0) is 53.5 Å². The molecule has 3 rings (SSSR count). The first kappa shape index (κ1) is 18.4. The fourth-order valence-electron chi connectivity index (χ4n) is 2.17. The number of benzene rings is 2. The van der Waals surface area contributed by atoms with Gasteiger partial charge in [0.2, 0.25) is 14.2 Å². The summed E-state index contributed by atoms with van der Waals surface area (Å²) in [6, 6.07) is 12.3. The van der Waals surface area contributed by atoms with Crippen molar-refractivity contribution >= 4 is 21.4 Å². The number of rotatable bonds is 7. The summed E-state index contributed by atoms with van der Waals surface area (Å²) in [7, 11) is -2.13. The molecular weight excluding hydrogens is 379 g/mol. The molecule has 0 unspecified atom stereocenters. The van der Waals surface area contributed by atoms with E-state index in [1.165, 1.54) is 31.4 Å². The van der Waals surface area contributed by atoms with Gasteiger partial charge in [0, 0.05) is 7.11 Å². The molecule has 2 aromatic carbocycles. The largest absolute Gasteiger partial charge is 0.457 e. The second-order valence-electron chi connectivity index (χ2n) is 5.37. The van der Waals surface area contributed by atoms with Crippen LogP contribution in [-0.2, 0) is 26.9 Å². The molecule has 0 atom stereocenters. The minimum absolute atomic E-state index is 0.0468. The van der Waals surface area contributed by atoms with Gasteiger partial charge < -0.3 is 9.47 Å². The Balaban J connectivity index is 1.75. The van der Waals surface area contributed by atoms with Crippen LogP contribution in [-0.4, -0.2) is 24.9 Å². The molecule has 0 saturated carbocycles. The Morgan fingerprint density at radius 2 is 1.88 bits per heavy atom. The van der Waals surface area contributed by atoms with E-state index in [4.69, 9.17) is 9.47 Å². The highest BCUT2D eigenvalue weighted by Crippen LogP contribution is 2.25. The second-order valence-corrected chi connectivity index (χ2v) is 8.29. The Labute approximate surface area is 154 Å². The first-order chi connectivity index (χ1) is 12.5. The molecule has 1 aromatic heterocycles. The SMILES string of the molecule is COCc1nsc(S(=O)(=O)Cc2cccc(Oc3ccc(F)cc3)c2)n1. The van der Waals surface area contributed by atoms with Crippen molar-refractivity contribution in [3.8, 4) is 11.5 Å². The molecule has 0 amide bonds. The molecule has 0 aliphatic rings. The maximum Gasteiger partial charge on any atom is 0.229 e. The lowest BCUT2D eigenvalue weighted by Crippen LogP contribution is -2.05. The highest BCUT2D eigenvalue weighted by molar-refractivity contribution is 7.92. The summed E-state index contributed by atoms with van der Waals surface area (Å²) in [5.41, 5.74) is 0.549. The molecule has 0 radical (unpaired) electrons. The topological polar surface area (TPSA) is 78.4 Å². The van der Waals surface area contributed by atoms with Gasteiger partial charge in [0.1, 0.15) is 23.9 Å². The molecule has 136 valence electrons. The molecule has 1 heterocycles. The molecule has 0 aliphatic carbocycles. The standard InChI is InChI=1S/C17H15FN2O4S2/c1-23-10-16-19-17(25-20-16)26(21,22)11-12-3-2-4-15(9-12)24-14-7-5-13(18)6-8-14/h2-9H,10-11H2,1H3. The quantitative estimate of drug-likeness (QED) is 0.609. The van der Waals surface area contributed by atoms with Crippen LogP contribution in [0.3, 0.4) is 0 Å². The van der Waals surface area contributed by atoms with Crippen LogP contribution in [0.4, 0.5) is 4.39 Å². The zero-order valence-electron chi connectivity index (χ0n) is 13.8. The first-order valence-electron chi connectivity index (χ1n) is 7.53. The Hall–Kier alpha value is -2.36. The van der Waals surface area contributed by atoms with Crippen LogP contribution < -0.4 is 4.74 Å². The van der Waals surface area contributed by atoms with Crippen LogP contribution in [0.5, 0.6) is 11.5 Å². The Morgan fingerprint density at radius 1 is 1.12 bits per heavy atom. The molecule has 6 nitrogen and oxygen atoms in total. The zero-order chi connectivity index (χ0) is 18.6. The first-order valence-corrected chi connectivity index (χ1v) is 9.95. The van der Waals surface area contributed by atoms with Crippen molar-refractivity contribution in [3.63, 3.8) is 0 Å². The number of halogens is 1. The number of ether oxygens (including phenoxy) is 2. The lowest BCUT2D eigenvalue weighted by Gasteiger charge is -2.07. The summed E-state index contributed by atoms with van der Waals surface area (Å²) in [6.07, 6.45) is 0. The van der Waals surface area contributed by atoms with E-state index in [0.29, 0.717) is 22.9 Å². The predicted octanol–water partition coefficient (Wildman–Crippen LogP) is 3.59.